The third kappa shape index (κ3) is 3.63. The molecule has 0 radical (unpaired) electrons. The smallest absolute Gasteiger partial charge is 0.257 e. The summed E-state index contributed by atoms with van der Waals surface area (Å²) in [4.78, 5) is 13.2. The Morgan fingerprint density at radius 2 is 2.14 bits per heavy atom. The highest BCUT2D eigenvalue weighted by atomic mass is 32.2. The first-order chi connectivity index (χ1) is 10.3. The fourth-order valence-corrected chi connectivity index (χ4v) is 3.38. The van der Waals surface area contributed by atoms with Gasteiger partial charge in [-0.05, 0) is 31.6 Å². The van der Waals surface area contributed by atoms with E-state index in [9.17, 15) is 0 Å². The van der Waals surface area contributed by atoms with Gasteiger partial charge in [0.25, 0.3) is 5.95 Å². The summed E-state index contributed by atoms with van der Waals surface area (Å²) in [6.07, 6.45) is 6.09. The van der Waals surface area contributed by atoms with Gasteiger partial charge in [0.05, 0.1) is 0 Å². The van der Waals surface area contributed by atoms with Crippen LogP contribution in [0.2, 0.25) is 0 Å². The van der Waals surface area contributed by atoms with Crippen LogP contribution in [-0.4, -0.2) is 48.8 Å². The van der Waals surface area contributed by atoms with E-state index >= 15 is 0 Å². The van der Waals surface area contributed by atoms with Gasteiger partial charge in [0.2, 0.25) is 11.9 Å². The topological polar surface area (TPSA) is 80.5 Å². The quantitative estimate of drug-likeness (QED) is 0.842. The first-order valence-corrected chi connectivity index (χ1v) is 8.25. The average Bonchev–Trinajstić information content (AvgIpc) is 3.19. The molecule has 2 N–H and O–H groups in total. The molecule has 8 heteroatoms. The lowest BCUT2D eigenvalue weighted by Gasteiger charge is -2.12. The molecule has 1 unspecified atom stereocenters. The van der Waals surface area contributed by atoms with Crippen molar-refractivity contribution in [2.45, 2.75) is 25.0 Å². The summed E-state index contributed by atoms with van der Waals surface area (Å²) in [5.74, 6) is 2.94. The number of hydrogen-bond acceptors (Lipinski definition) is 7. The molecule has 1 saturated heterocycles. The highest BCUT2D eigenvalue weighted by Gasteiger charge is 2.16. The van der Waals surface area contributed by atoms with Gasteiger partial charge in [-0.1, -0.05) is 0 Å². The van der Waals surface area contributed by atoms with Crippen LogP contribution in [0, 0.1) is 0 Å². The fourth-order valence-electron chi connectivity index (χ4n) is 2.18. The second kappa shape index (κ2) is 6.75. The lowest BCUT2D eigenvalue weighted by Crippen LogP contribution is -2.18. The summed E-state index contributed by atoms with van der Waals surface area (Å²) >= 11 is 2.01. The van der Waals surface area contributed by atoms with E-state index in [0.29, 0.717) is 23.1 Å². The molecule has 0 aliphatic carbocycles. The third-order valence-corrected chi connectivity index (χ3v) is 4.58. The monoisotopic (exact) mass is 305 g/mol. The Kier molecular flexibility index (Phi) is 4.54. The standard InChI is InChI=1S/C13H19N7S/c1-2-14-11-17-12(15-9-10-5-3-8-21-10)19-13(18-11)20-7-4-6-16-20/h4,6-7,10H,2-3,5,8-9H2,1H3,(H2,14,15,17,18,19). The maximum absolute atomic E-state index is 4.44. The number of thioether (sulfide) groups is 1. The van der Waals surface area contributed by atoms with Gasteiger partial charge in [-0.3, -0.25) is 0 Å². The summed E-state index contributed by atoms with van der Waals surface area (Å²) in [7, 11) is 0. The van der Waals surface area contributed by atoms with Gasteiger partial charge in [-0.25, -0.2) is 4.68 Å². The first kappa shape index (κ1) is 14.1. The fraction of sp³-hybridized carbons (Fsp3) is 0.538. The van der Waals surface area contributed by atoms with E-state index in [4.69, 9.17) is 0 Å². The van der Waals surface area contributed by atoms with Crippen LogP contribution in [0.3, 0.4) is 0 Å². The average molecular weight is 305 g/mol. The number of anilines is 2. The second-order valence-corrected chi connectivity index (χ2v) is 6.19. The van der Waals surface area contributed by atoms with Crippen molar-refractivity contribution in [1.29, 1.82) is 0 Å². The van der Waals surface area contributed by atoms with Crippen LogP contribution in [0.5, 0.6) is 0 Å². The van der Waals surface area contributed by atoms with Crippen molar-refractivity contribution >= 4 is 23.7 Å². The Balaban J connectivity index is 1.77. The van der Waals surface area contributed by atoms with Gasteiger partial charge >= 0.3 is 0 Å². The summed E-state index contributed by atoms with van der Waals surface area (Å²) in [6.45, 7) is 3.67. The van der Waals surface area contributed by atoms with Gasteiger partial charge in [0.1, 0.15) is 0 Å². The van der Waals surface area contributed by atoms with Crippen LogP contribution in [0.15, 0.2) is 18.5 Å². The minimum absolute atomic E-state index is 0.521. The van der Waals surface area contributed by atoms with Crippen molar-refractivity contribution in [3.05, 3.63) is 18.5 Å². The minimum atomic E-state index is 0.521. The van der Waals surface area contributed by atoms with Crippen LogP contribution in [0.1, 0.15) is 19.8 Å². The maximum atomic E-state index is 4.44. The van der Waals surface area contributed by atoms with Gasteiger partial charge in [-0.15, -0.1) is 0 Å². The predicted molar refractivity (Wildman–Crippen MR) is 85.1 cm³/mol. The maximum Gasteiger partial charge on any atom is 0.257 e. The van der Waals surface area contributed by atoms with E-state index in [1.54, 1.807) is 10.9 Å². The zero-order chi connectivity index (χ0) is 14.5. The Bertz CT molecular complexity index is 566. The highest BCUT2D eigenvalue weighted by molar-refractivity contribution is 8.00. The van der Waals surface area contributed by atoms with Gasteiger partial charge in [-0.2, -0.15) is 31.8 Å². The Morgan fingerprint density at radius 1 is 1.29 bits per heavy atom. The van der Waals surface area contributed by atoms with E-state index in [-0.39, 0.29) is 0 Å². The molecular weight excluding hydrogens is 286 g/mol. The van der Waals surface area contributed by atoms with E-state index in [2.05, 4.69) is 30.7 Å². The molecule has 1 fully saturated rings. The molecule has 2 aromatic heterocycles. The molecular formula is C13H19N7S. The molecule has 3 heterocycles. The van der Waals surface area contributed by atoms with Crippen LogP contribution < -0.4 is 10.6 Å². The van der Waals surface area contributed by atoms with E-state index in [1.807, 2.05) is 30.9 Å². The molecule has 0 amide bonds. The molecule has 0 bridgehead atoms. The van der Waals surface area contributed by atoms with Crippen molar-refractivity contribution in [1.82, 2.24) is 24.7 Å². The van der Waals surface area contributed by atoms with E-state index in [1.165, 1.54) is 18.6 Å². The van der Waals surface area contributed by atoms with E-state index in [0.717, 1.165) is 13.1 Å². The number of nitrogens with zero attached hydrogens (tertiary/aromatic N) is 5. The number of nitrogens with one attached hydrogen (secondary N) is 2. The molecule has 7 nitrogen and oxygen atoms in total. The SMILES string of the molecule is CCNc1nc(NCC2CCCS2)nc(-n2cccn2)n1. The largest absolute Gasteiger partial charge is 0.354 e. The van der Waals surface area contributed by atoms with Gasteiger partial charge < -0.3 is 10.6 Å². The first-order valence-electron chi connectivity index (χ1n) is 7.20. The molecule has 0 spiro atoms. The molecule has 21 heavy (non-hydrogen) atoms. The second-order valence-electron chi connectivity index (χ2n) is 4.78. The van der Waals surface area contributed by atoms with Crippen LogP contribution in [-0.2, 0) is 0 Å². The van der Waals surface area contributed by atoms with Crippen LogP contribution in [0.25, 0.3) is 5.95 Å². The normalized spacial score (nSPS) is 17.9. The molecule has 1 aliphatic heterocycles. The zero-order valence-electron chi connectivity index (χ0n) is 12.0. The predicted octanol–water partition coefficient (Wildman–Crippen LogP) is 1.80. The van der Waals surface area contributed by atoms with Crippen molar-refractivity contribution < 1.29 is 0 Å². The van der Waals surface area contributed by atoms with Crippen LogP contribution >= 0.6 is 11.8 Å². The van der Waals surface area contributed by atoms with Crippen molar-refractivity contribution in [2.75, 3.05) is 29.5 Å². The summed E-state index contributed by atoms with van der Waals surface area (Å²) in [5.41, 5.74) is 0. The van der Waals surface area contributed by atoms with Crippen molar-refractivity contribution in [2.24, 2.45) is 0 Å². The number of hydrogen-bond donors (Lipinski definition) is 2. The number of rotatable bonds is 6. The van der Waals surface area contributed by atoms with Gasteiger partial charge in [0, 0.05) is 30.7 Å². The highest BCUT2D eigenvalue weighted by Crippen LogP contribution is 2.26. The molecule has 1 atom stereocenters. The summed E-state index contributed by atoms with van der Waals surface area (Å²) < 4.78 is 1.64. The van der Waals surface area contributed by atoms with Crippen molar-refractivity contribution in [3.8, 4) is 5.95 Å². The summed E-state index contributed by atoms with van der Waals surface area (Å²) in [5, 5.41) is 11.3. The van der Waals surface area contributed by atoms with Crippen LogP contribution in [0.4, 0.5) is 11.9 Å². The molecule has 0 saturated carbocycles. The molecule has 112 valence electrons. The molecule has 3 rings (SSSR count). The van der Waals surface area contributed by atoms with E-state index < -0.39 is 0 Å². The summed E-state index contributed by atoms with van der Waals surface area (Å²) in [6, 6.07) is 1.85. The van der Waals surface area contributed by atoms with Crippen molar-refractivity contribution in [3.63, 3.8) is 0 Å². The van der Waals surface area contributed by atoms with Gasteiger partial charge in [0.15, 0.2) is 0 Å². The molecule has 1 aliphatic rings. The molecule has 0 aromatic carbocycles. The zero-order valence-corrected chi connectivity index (χ0v) is 12.8. The number of aromatic nitrogens is 5. The Labute approximate surface area is 128 Å². The lowest BCUT2D eigenvalue weighted by atomic mass is 10.2. The minimum Gasteiger partial charge on any atom is -0.354 e. The lowest BCUT2D eigenvalue weighted by molar-refractivity contribution is 0.780. The Morgan fingerprint density at radius 3 is 2.81 bits per heavy atom. The Hall–Kier alpha value is -1.83. The molecule has 2 aromatic rings. The third-order valence-electron chi connectivity index (χ3n) is 3.18.